The molecule has 0 saturated carbocycles. The summed E-state index contributed by atoms with van der Waals surface area (Å²) in [7, 11) is 1.76. The monoisotopic (exact) mass is 245 g/mol. The molecule has 0 aromatic rings. The first-order valence-electron chi connectivity index (χ1n) is 5.71. The fraction of sp³-hybridized carbons (Fsp3) is 0.909. The van der Waals surface area contributed by atoms with E-state index in [1.165, 1.54) is 0 Å². The molecule has 2 aliphatic rings. The van der Waals surface area contributed by atoms with E-state index in [-0.39, 0.29) is 17.3 Å². The Labute approximate surface area is 101 Å². The van der Waals surface area contributed by atoms with Crippen molar-refractivity contribution in [2.24, 2.45) is 0 Å². The topological polar surface area (TPSA) is 38.8 Å². The van der Waals surface area contributed by atoms with Crippen LogP contribution < -0.4 is 0 Å². The standard InChI is InChI=1S/C11H19NO3S/c1-3-15-5-10(13)12-7-11(8-12)4-9(14-2)6-16-11/h9H,3-8H2,1-2H3. The van der Waals surface area contributed by atoms with Gasteiger partial charge in [0.2, 0.25) is 5.91 Å². The average molecular weight is 245 g/mol. The van der Waals surface area contributed by atoms with Crippen molar-refractivity contribution in [2.75, 3.05) is 39.2 Å². The maximum atomic E-state index is 11.6. The second kappa shape index (κ2) is 4.94. The zero-order valence-electron chi connectivity index (χ0n) is 9.90. The van der Waals surface area contributed by atoms with Gasteiger partial charge in [-0.15, -0.1) is 11.8 Å². The van der Waals surface area contributed by atoms with Gasteiger partial charge in [0.1, 0.15) is 6.61 Å². The van der Waals surface area contributed by atoms with Gasteiger partial charge in [0.15, 0.2) is 0 Å². The molecule has 2 rings (SSSR count). The van der Waals surface area contributed by atoms with E-state index >= 15 is 0 Å². The molecule has 0 aromatic carbocycles. The summed E-state index contributed by atoms with van der Waals surface area (Å²) in [5.41, 5.74) is 0. The van der Waals surface area contributed by atoms with Gasteiger partial charge in [0.25, 0.3) is 0 Å². The molecule has 0 radical (unpaired) electrons. The summed E-state index contributed by atoms with van der Waals surface area (Å²) >= 11 is 1.95. The molecule has 1 spiro atoms. The highest BCUT2D eigenvalue weighted by Crippen LogP contribution is 2.45. The molecule has 2 fully saturated rings. The lowest BCUT2D eigenvalue weighted by Crippen LogP contribution is -2.61. The Kier molecular flexibility index (Phi) is 3.77. The molecular weight excluding hydrogens is 226 g/mol. The van der Waals surface area contributed by atoms with E-state index in [1.807, 2.05) is 23.6 Å². The summed E-state index contributed by atoms with van der Waals surface area (Å²) in [6, 6.07) is 0. The van der Waals surface area contributed by atoms with Crippen molar-refractivity contribution >= 4 is 17.7 Å². The van der Waals surface area contributed by atoms with Gasteiger partial charge in [-0.2, -0.15) is 0 Å². The van der Waals surface area contributed by atoms with Gasteiger partial charge in [0.05, 0.1) is 10.9 Å². The summed E-state index contributed by atoms with van der Waals surface area (Å²) < 4.78 is 10.8. The van der Waals surface area contributed by atoms with E-state index in [1.54, 1.807) is 7.11 Å². The fourth-order valence-electron chi connectivity index (χ4n) is 2.28. The van der Waals surface area contributed by atoms with Crippen molar-refractivity contribution in [3.8, 4) is 0 Å². The molecule has 0 N–H and O–H groups in total. The van der Waals surface area contributed by atoms with Crippen LogP contribution in [0.1, 0.15) is 13.3 Å². The number of carbonyl (C=O) groups is 1. The molecule has 0 aromatic heterocycles. The minimum absolute atomic E-state index is 0.119. The van der Waals surface area contributed by atoms with Gasteiger partial charge in [0, 0.05) is 32.6 Å². The average Bonchev–Trinajstić information content (AvgIpc) is 2.68. The molecule has 2 saturated heterocycles. The van der Waals surface area contributed by atoms with E-state index in [9.17, 15) is 4.79 Å². The lowest BCUT2D eigenvalue weighted by Gasteiger charge is -2.47. The molecule has 4 nitrogen and oxygen atoms in total. The van der Waals surface area contributed by atoms with Crippen LogP contribution in [-0.2, 0) is 14.3 Å². The van der Waals surface area contributed by atoms with Crippen LogP contribution in [0.5, 0.6) is 0 Å². The maximum Gasteiger partial charge on any atom is 0.248 e. The van der Waals surface area contributed by atoms with Crippen LogP contribution in [0.2, 0.25) is 0 Å². The summed E-state index contributed by atoms with van der Waals surface area (Å²) in [5, 5.41) is 0. The van der Waals surface area contributed by atoms with Crippen LogP contribution in [0.15, 0.2) is 0 Å². The van der Waals surface area contributed by atoms with Crippen molar-refractivity contribution in [1.82, 2.24) is 4.90 Å². The molecule has 2 heterocycles. The second-order valence-electron chi connectivity index (χ2n) is 4.44. The largest absolute Gasteiger partial charge is 0.381 e. The number of thioether (sulfide) groups is 1. The van der Waals surface area contributed by atoms with Gasteiger partial charge in [-0.1, -0.05) is 0 Å². The smallest absolute Gasteiger partial charge is 0.248 e. The predicted octanol–water partition coefficient (Wildman–Crippen LogP) is 0.756. The zero-order chi connectivity index (χ0) is 11.6. The number of hydrogen-bond donors (Lipinski definition) is 0. The molecule has 92 valence electrons. The highest BCUT2D eigenvalue weighted by atomic mass is 32.2. The highest BCUT2D eigenvalue weighted by molar-refractivity contribution is 8.01. The second-order valence-corrected chi connectivity index (χ2v) is 5.93. The minimum Gasteiger partial charge on any atom is -0.381 e. The van der Waals surface area contributed by atoms with Gasteiger partial charge in [-0.05, 0) is 13.3 Å². The summed E-state index contributed by atoms with van der Waals surface area (Å²) in [6.45, 7) is 4.46. The normalized spacial score (nSPS) is 27.1. The molecule has 1 amide bonds. The lowest BCUT2D eigenvalue weighted by atomic mass is 9.93. The first-order valence-corrected chi connectivity index (χ1v) is 6.70. The van der Waals surface area contributed by atoms with E-state index in [2.05, 4.69) is 0 Å². The van der Waals surface area contributed by atoms with Crippen molar-refractivity contribution in [1.29, 1.82) is 0 Å². The maximum absolute atomic E-state index is 11.6. The number of likely N-dealkylation sites (tertiary alicyclic amines) is 1. The molecule has 1 atom stereocenters. The molecule has 1 unspecified atom stereocenters. The van der Waals surface area contributed by atoms with Crippen molar-refractivity contribution in [3.63, 3.8) is 0 Å². The molecular formula is C11H19NO3S. The summed E-state index contributed by atoms with van der Waals surface area (Å²) in [4.78, 5) is 13.5. The van der Waals surface area contributed by atoms with E-state index in [0.717, 1.165) is 25.3 Å². The van der Waals surface area contributed by atoms with Crippen molar-refractivity contribution in [3.05, 3.63) is 0 Å². The Morgan fingerprint density at radius 3 is 2.88 bits per heavy atom. The third-order valence-corrected chi connectivity index (χ3v) is 4.82. The van der Waals surface area contributed by atoms with Gasteiger partial charge < -0.3 is 14.4 Å². The number of hydrogen-bond acceptors (Lipinski definition) is 4. The Morgan fingerprint density at radius 2 is 2.31 bits per heavy atom. The first-order chi connectivity index (χ1) is 7.69. The summed E-state index contributed by atoms with van der Waals surface area (Å²) in [6.07, 6.45) is 1.45. The van der Waals surface area contributed by atoms with Crippen LogP contribution in [-0.4, -0.2) is 60.8 Å². The van der Waals surface area contributed by atoms with Gasteiger partial charge in [-0.25, -0.2) is 0 Å². The fourth-order valence-corrected chi connectivity index (χ4v) is 3.87. The number of methoxy groups -OCH3 is 1. The predicted molar refractivity (Wildman–Crippen MR) is 63.7 cm³/mol. The number of rotatable bonds is 4. The highest BCUT2D eigenvalue weighted by Gasteiger charge is 2.50. The van der Waals surface area contributed by atoms with Crippen LogP contribution in [0.25, 0.3) is 0 Å². The van der Waals surface area contributed by atoms with E-state index in [4.69, 9.17) is 9.47 Å². The lowest BCUT2D eigenvalue weighted by molar-refractivity contribution is -0.141. The van der Waals surface area contributed by atoms with Crippen molar-refractivity contribution in [2.45, 2.75) is 24.2 Å². The van der Waals surface area contributed by atoms with Crippen LogP contribution in [0.4, 0.5) is 0 Å². The van der Waals surface area contributed by atoms with E-state index < -0.39 is 0 Å². The number of ether oxygens (including phenoxy) is 2. The number of carbonyl (C=O) groups excluding carboxylic acids is 1. The third kappa shape index (κ3) is 2.36. The molecule has 16 heavy (non-hydrogen) atoms. The SMILES string of the molecule is CCOCC(=O)N1CC2(CC(OC)CS2)C1. The Bertz CT molecular complexity index is 266. The van der Waals surface area contributed by atoms with Crippen LogP contribution in [0, 0.1) is 0 Å². The van der Waals surface area contributed by atoms with Crippen LogP contribution >= 0.6 is 11.8 Å². The molecule has 0 bridgehead atoms. The summed E-state index contributed by atoms with van der Waals surface area (Å²) in [5.74, 6) is 1.18. The van der Waals surface area contributed by atoms with Crippen molar-refractivity contribution < 1.29 is 14.3 Å². The number of nitrogens with zero attached hydrogens (tertiary/aromatic N) is 1. The minimum atomic E-state index is 0.119. The Morgan fingerprint density at radius 1 is 1.56 bits per heavy atom. The molecule has 5 heteroatoms. The first kappa shape index (κ1) is 12.2. The van der Waals surface area contributed by atoms with Crippen LogP contribution in [0.3, 0.4) is 0 Å². The van der Waals surface area contributed by atoms with E-state index in [0.29, 0.717) is 12.7 Å². The van der Waals surface area contributed by atoms with Gasteiger partial charge in [-0.3, -0.25) is 4.79 Å². The third-order valence-electron chi connectivity index (χ3n) is 3.25. The number of amides is 1. The Hall–Kier alpha value is -0.260. The quantitative estimate of drug-likeness (QED) is 0.733. The molecule has 2 aliphatic heterocycles. The van der Waals surface area contributed by atoms with Gasteiger partial charge >= 0.3 is 0 Å². The Balaban J connectivity index is 1.75. The zero-order valence-corrected chi connectivity index (χ0v) is 10.7. The molecule has 0 aliphatic carbocycles.